The maximum atomic E-state index is 12.0. The molecule has 0 aliphatic carbocycles. The van der Waals surface area contributed by atoms with Gasteiger partial charge in [-0.25, -0.2) is 4.98 Å². The first kappa shape index (κ1) is 18.1. The van der Waals surface area contributed by atoms with Gasteiger partial charge in [0.25, 0.3) is 5.91 Å². The summed E-state index contributed by atoms with van der Waals surface area (Å²) in [5.74, 6) is 0.648. The van der Waals surface area contributed by atoms with Gasteiger partial charge < -0.3 is 19.9 Å². The summed E-state index contributed by atoms with van der Waals surface area (Å²) in [6.45, 7) is 0.710. The fourth-order valence-electron chi connectivity index (χ4n) is 3.54. The highest BCUT2D eigenvalue weighted by Crippen LogP contribution is 2.36. The van der Waals surface area contributed by atoms with E-state index in [9.17, 15) is 4.79 Å². The molecule has 0 unspecified atom stereocenters. The van der Waals surface area contributed by atoms with Crippen molar-refractivity contribution in [3.05, 3.63) is 60.6 Å². The minimum absolute atomic E-state index is 0.00955. The lowest BCUT2D eigenvalue weighted by molar-refractivity contribution is 0.0958. The molecule has 2 N–H and O–H groups in total. The maximum Gasteiger partial charge on any atom is 0.269 e. The number of rotatable bonds is 5. The molecule has 1 aliphatic heterocycles. The van der Waals surface area contributed by atoms with E-state index in [1.54, 1.807) is 38.8 Å². The van der Waals surface area contributed by atoms with Gasteiger partial charge in [-0.3, -0.25) is 14.8 Å². The summed E-state index contributed by atoms with van der Waals surface area (Å²) in [6.07, 6.45) is 7.91. The number of ether oxygens (including phenoxy) is 1. The van der Waals surface area contributed by atoms with Crippen LogP contribution in [0.2, 0.25) is 0 Å². The highest BCUT2D eigenvalue weighted by atomic mass is 16.5. The van der Waals surface area contributed by atoms with Crippen molar-refractivity contribution in [2.75, 3.05) is 25.6 Å². The minimum Gasteiger partial charge on any atom is -0.380 e. The molecule has 3 aromatic heterocycles. The van der Waals surface area contributed by atoms with E-state index >= 15 is 0 Å². The van der Waals surface area contributed by atoms with Crippen LogP contribution in [0.5, 0.6) is 0 Å². The lowest BCUT2D eigenvalue weighted by Crippen LogP contribution is -2.26. The summed E-state index contributed by atoms with van der Waals surface area (Å²) in [4.78, 5) is 30.5. The Morgan fingerprint density at radius 1 is 1.29 bits per heavy atom. The van der Waals surface area contributed by atoms with Crippen LogP contribution >= 0.6 is 0 Å². The quantitative estimate of drug-likeness (QED) is 0.707. The van der Waals surface area contributed by atoms with Crippen molar-refractivity contribution in [1.29, 1.82) is 0 Å². The molecule has 4 rings (SSSR count). The molecular weight excluding hydrogens is 356 g/mol. The van der Waals surface area contributed by atoms with Gasteiger partial charge in [-0.15, -0.1) is 0 Å². The number of anilines is 1. The van der Waals surface area contributed by atoms with Gasteiger partial charge in [0.05, 0.1) is 24.0 Å². The molecule has 0 aromatic carbocycles. The number of pyridine rings is 2. The van der Waals surface area contributed by atoms with Crippen LogP contribution < -0.4 is 10.2 Å². The van der Waals surface area contributed by atoms with E-state index in [4.69, 9.17) is 4.74 Å². The Hall–Kier alpha value is -3.26. The Morgan fingerprint density at radius 2 is 2.18 bits per heavy atom. The molecule has 1 saturated heterocycles. The Morgan fingerprint density at radius 3 is 2.93 bits per heavy atom. The first-order valence-electron chi connectivity index (χ1n) is 9.12. The van der Waals surface area contributed by atoms with Gasteiger partial charge in [-0.05, 0) is 24.3 Å². The summed E-state index contributed by atoms with van der Waals surface area (Å²) in [5, 5.41) is 2.61. The van der Waals surface area contributed by atoms with Crippen molar-refractivity contribution in [2.45, 2.75) is 18.6 Å². The molecule has 144 valence electrons. The van der Waals surface area contributed by atoms with E-state index in [1.165, 1.54) is 0 Å². The molecule has 4 heterocycles. The average molecular weight is 378 g/mol. The summed E-state index contributed by atoms with van der Waals surface area (Å²) in [6, 6.07) is 7.61. The van der Waals surface area contributed by atoms with Gasteiger partial charge >= 0.3 is 0 Å². The first-order valence-corrected chi connectivity index (χ1v) is 9.12. The van der Waals surface area contributed by atoms with Gasteiger partial charge in [0.2, 0.25) is 0 Å². The summed E-state index contributed by atoms with van der Waals surface area (Å²) >= 11 is 0. The van der Waals surface area contributed by atoms with E-state index < -0.39 is 0 Å². The zero-order valence-corrected chi connectivity index (χ0v) is 15.8. The van der Waals surface area contributed by atoms with Crippen LogP contribution in [0, 0.1) is 0 Å². The van der Waals surface area contributed by atoms with Crippen molar-refractivity contribution in [1.82, 2.24) is 25.3 Å². The molecule has 0 radical (unpaired) electrons. The molecule has 3 aromatic rings. The van der Waals surface area contributed by atoms with Crippen molar-refractivity contribution >= 4 is 11.6 Å². The van der Waals surface area contributed by atoms with E-state index in [1.807, 2.05) is 24.4 Å². The van der Waals surface area contributed by atoms with Crippen LogP contribution in [-0.2, 0) is 4.74 Å². The number of carbonyl (C=O) groups excluding carboxylic acids is 1. The molecule has 8 heteroatoms. The smallest absolute Gasteiger partial charge is 0.269 e. The maximum absolute atomic E-state index is 12.0. The number of H-pyrrole nitrogens is 1. The van der Waals surface area contributed by atoms with Crippen molar-refractivity contribution in [2.24, 2.45) is 0 Å². The van der Waals surface area contributed by atoms with E-state index in [2.05, 4.69) is 30.2 Å². The molecule has 0 bridgehead atoms. The number of aromatic nitrogens is 4. The number of hydrogen-bond acceptors (Lipinski definition) is 6. The Kier molecular flexibility index (Phi) is 5.03. The molecular formula is C20H22N6O2. The zero-order valence-electron chi connectivity index (χ0n) is 15.8. The van der Waals surface area contributed by atoms with E-state index in [0.29, 0.717) is 12.2 Å². The van der Waals surface area contributed by atoms with Gasteiger partial charge in [-0.1, -0.05) is 0 Å². The third kappa shape index (κ3) is 3.46. The predicted octanol–water partition coefficient (Wildman–Crippen LogP) is 2.19. The lowest BCUT2D eigenvalue weighted by Gasteiger charge is -2.25. The first-order chi connectivity index (χ1) is 13.7. The highest BCUT2D eigenvalue weighted by Gasteiger charge is 2.35. The molecule has 1 amide bonds. The van der Waals surface area contributed by atoms with Crippen LogP contribution in [0.4, 0.5) is 5.69 Å². The Bertz CT molecular complexity index is 958. The third-order valence-electron chi connectivity index (χ3n) is 5.01. The fraction of sp³-hybridized carbons (Fsp3) is 0.300. The van der Waals surface area contributed by atoms with Gasteiger partial charge in [0, 0.05) is 57.0 Å². The number of nitrogens with zero attached hydrogens (tertiary/aromatic N) is 4. The molecule has 8 nitrogen and oxygen atoms in total. The van der Waals surface area contributed by atoms with Crippen LogP contribution in [-0.4, -0.2) is 52.6 Å². The molecule has 1 fully saturated rings. The monoisotopic (exact) mass is 378 g/mol. The van der Waals surface area contributed by atoms with Crippen LogP contribution in [0.25, 0.3) is 11.3 Å². The SMILES string of the molecule is CNC(=O)c1cc(N2C[C@H](OC)C[C@H]2c2ncc(-c3cccnc3)[nH]2)ccn1. The van der Waals surface area contributed by atoms with Crippen LogP contribution in [0.3, 0.4) is 0 Å². The van der Waals surface area contributed by atoms with Gasteiger partial charge in [-0.2, -0.15) is 0 Å². The normalized spacial score (nSPS) is 19.0. The second kappa shape index (κ2) is 7.77. The number of carbonyl (C=O) groups is 1. The van der Waals surface area contributed by atoms with Crippen molar-refractivity contribution in [3.8, 4) is 11.3 Å². The van der Waals surface area contributed by atoms with Crippen LogP contribution in [0.1, 0.15) is 28.8 Å². The van der Waals surface area contributed by atoms with Crippen LogP contribution in [0.15, 0.2) is 49.1 Å². The lowest BCUT2D eigenvalue weighted by atomic mass is 10.1. The zero-order chi connectivity index (χ0) is 19.5. The largest absolute Gasteiger partial charge is 0.380 e. The number of imidazole rings is 1. The molecule has 1 aliphatic rings. The van der Waals surface area contributed by atoms with E-state index in [0.717, 1.165) is 29.2 Å². The summed E-state index contributed by atoms with van der Waals surface area (Å²) in [5.41, 5.74) is 3.21. The standard InChI is InChI=1S/C20H22N6O2/c1-21-20(27)16-8-14(5-7-23-16)26-12-15(28-2)9-18(26)19-24-11-17(25-19)13-4-3-6-22-10-13/h3-8,10-11,15,18H,9,12H2,1-2H3,(H,21,27)(H,24,25)/t15-,18+/m1/s1. The van der Waals surface area contributed by atoms with Gasteiger partial charge in [0.1, 0.15) is 11.5 Å². The molecule has 2 atom stereocenters. The third-order valence-corrected chi connectivity index (χ3v) is 5.01. The van der Waals surface area contributed by atoms with E-state index in [-0.39, 0.29) is 18.1 Å². The number of nitrogens with one attached hydrogen (secondary N) is 2. The topological polar surface area (TPSA) is 96.0 Å². The number of hydrogen-bond donors (Lipinski definition) is 2. The Labute approximate surface area is 163 Å². The van der Waals surface area contributed by atoms with Crippen molar-refractivity contribution in [3.63, 3.8) is 0 Å². The average Bonchev–Trinajstić information content (AvgIpc) is 3.41. The Balaban J connectivity index is 1.66. The van der Waals surface area contributed by atoms with Crippen molar-refractivity contribution < 1.29 is 9.53 Å². The fourth-order valence-corrected chi connectivity index (χ4v) is 3.54. The van der Waals surface area contributed by atoms with Gasteiger partial charge in [0.15, 0.2) is 0 Å². The summed E-state index contributed by atoms with van der Waals surface area (Å²) < 4.78 is 5.62. The predicted molar refractivity (Wildman–Crippen MR) is 105 cm³/mol. The molecule has 28 heavy (non-hydrogen) atoms. The number of amides is 1. The number of aromatic amines is 1. The second-order valence-corrected chi connectivity index (χ2v) is 6.66. The molecule has 0 saturated carbocycles. The minimum atomic E-state index is -0.210. The second-order valence-electron chi connectivity index (χ2n) is 6.66. The number of methoxy groups -OCH3 is 1. The molecule has 0 spiro atoms. The summed E-state index contributed by atoms with van der Waals surface area (Å²) in [7, 11) is 3.32. The highest BCUT2D eigenvalue weighted by molar-refractivity contribution is 5.92.